The summed E-state index contributed by atoms with van der Waals surface area (Å²) in [6, 6.07) is 16.0. The van der Waals surface area contributed by atoms with Crippen molar-refractivity contribution in [2.24, 2.45) is 0 Å². The number of anilines is 1. The summed E-state index contributed by atoms with van der Waals surface area (Å²) in [6.45, 7) is -1.32. The maximum atomic E-state index is 14.3. The van der Waals surface area contributed by atoms with Crippen molar-refractivity contribution in [1.29, 1.82) is 0 Å². The molecule has 0 saturated heterocycles. The molecule has 0 aliphatic carbocycles. The molecule has 0 radical (unpaired) electrons. The first-order chi connectivity index (χ1) is 15.7. The van der Waals surface area contributed by atoms with Gasteiger partial charge in [-0.2, -0.15) is 8.78 Å². The minimum Gasteiger partial charge on any atom is -0.435 e. The molecule has 0 aliphatic heterocycles. The highest BCUT2D eigenvalue weighted by atomic mass is 32.2. The Kier molecular flexibility index (Phi) is 7.72. The molecule has 0 aromatic heterocycles. The number of hydrogen-bond acceptors (Lipinski definition) is 4. The molecule has 0 heterocycles. The maximum Gasteiger partial charge on any atom is 0.387 e. The average Bonchev–Trinajstić information content (AvgIpc) is 2.76. The summed E-state index contributed by atoms with van der Waals surface area (Å²) in [4.78, 5) is 12.4. The van der Waals surface area contributed by atoms with E-state index in [0.29, 0.717) is 5.56 Å². The second kappa shape index (κ2) is 10.5. The third-order valence-corrected chi connectivity index (χ3v) is 6.14. The Bertz CT molecular complexity index is 1240. The number of rotatable bonds is 9. The smallest absolute Gasteiger partial charge is 0.387 e. The van der Waals surface area contributed by atoms with Gasteiger partial charge in [0.1, 0.15) is 11.6 Å². The molecule has 3 aromatic rings. The second-order valence-corrected chi connectivity index (χ2v) is 8.73. The summed E-state index contributed by atoms with van der Waals surface area (Å²) in [6.07, 6.45) is 0.247. The van der Waals surface area contributed by atoms with Gasteiger partial charge in [-0.15, -0.1) is 0 Å². The zero-order valence-electron chi connectivity index (χ0n) is 17.5. The van der Waals surface area contributed by atoms with E-state index < -0.39 is 33.9 Å². The minimum absolute atomic E-state index is 0.0586. The molecule has 174 valence electrons. The lowest BCUT2D eigenvalue weighted by Crippen LogP contribution is -2.24. The molecule has 6 nitrogen and oxygen atoms in total. The number of halogens is 3. The summed E-state index contributed by atoms with van der Waals surface area (Å²) < 4.78 is 71.1. The topological polar surface area (TPSA) is 84.5 Å². The summed E-state index contributed by atoms with van der Waals surface area (Å²) in [5, 5.41) is 2.48. The highest BCUT2D eigenvalue weighted by Gasteiger charge is 2.20. The highest BCUT2D eigenvalue weighted by molar-refractivity contribution is 7.89. The van der Waals surface area contributed by atoms with Gasteiger partial charge >= 0.3 is 6.61 Å². The van der Waals surface area contributed by atoms with Crippen molar-refractivity contribution in [2.75, 3.05) is 11.9 Å². The average molecular weight is 478 g/mol. The fraction of sp³-hybridized carbons (Fsp3) is 0.174. The first kappa shape index (κ1) is 24.3. The predicted octanol–water partition coefficient (Wildman–Crippen LogP) is 4.57. The molecule has 0 spiro atoms. The van der Waals surface area contributed by atoms with Gasteiger partial charge < -0.3 is 10.1 Å². The lowest BCUT2D eigenvalue weighted by Gasteiger charge is -2.14. The van der Waals surface area contributed by atoms with Crippen molar-refractivity contribution >= 4 is 21.6 Å². The molecule has 2 N–H and O–H groups in total. The van der Waals surface area contributed by atoms with Gasteiger partial charge in [-0.05, 0) is 42.0 Å². The Labute approximate surface area is 189 Å². The molecule has 0 aliphatic rings. The van der Waals surface area contributed by atoms with Crippen LogP contribution in [0.2, 0.25) is 0 Å². The molecule has 10 heteroatoms. The van der Waals surface area contributed by atoms with E-state index in [1.165, 1.54) is 18.2 Å². The van der Waals surface area contributed by atoms with E-state index >= 15 is 0 Å². The summed E-state index contributed by atoms with van der Waals surface area (Å²) in [7, 11) is -3.90. The van der Waals surface area contributed by atoms with E-state index in [4.69, 9.17) is 0 Å². The van der Waals surface area contributed by atoms with E-state index in [-0.39, 0.29) is 29.3 Å². The Morgan fingerprint density at radius 1 is 1.03 bits per heavy atom. The van der Waals surface area contributed by atoms with Crippen LogP contribution in [0, 0.1) is 5.82 Å². The molecular formula is C23H21F3N2O4S. The molecule has 3 aromatic carbocycles. The van der Waals surface area contributed by atoms with Gasteiger partial charge in [0.05, 0.1) is 10.5 Å². The number of carbonyl (C=O) groups is 1. The minimum atomic E-state index is -3.90. The Morgan fingerprint density at radius 2 is 1.76 bits per heavy atom. The largest absolute Gasteiger partial charge is 0.435 e. The molecule has 0 unspecified atom stereocenters. The number of amides is 1. The number of carbonyl (C=O) groups excluding carboxylic acids is 1. The Hall–Kier alpha value is -3.37. The first-order valence-electron chi connectivity index (χ1n) is 9.92. The number of nitrogens with one attached hydrogen (secondary N) is 2. The van der Waals surface area contributed by atoms with Gasteiger partial charge in [0.15, 0.2) is 0 Å². The van der Waals surface area contributed by atoms with E-state index in [9.17, 15) is 26.4 Å². The van der Waals surface area contributed by atoms with Crippen LogP contribution >= 0.6 is 0 Å². The zero-order chi connectivity index (χ0) is 24.0. The van der Waals surface area contributed by atoms with Crippen molar-refractivity contribution in [1.82, 2.24) is 4.72 Å². The van der Waals surface area contributed by atoms with Gasteiger partial charge in [0.2, 0.25) is 10.0 Å². The lowest BCUT2D eigenvalue weighted by molar-refractivity contribution is -0.0503. The van der Waals surface area contributed by atoms with E-state index in [2.05, 4.69) is 14.8 Å². The van der Waals surface area contributed by atoms with E-state index in [1.807, 2.05) is 18.2 Å². The summed E-state index contributed by atoms with van der Waals surface area (Å²) in [5.41, 5.74) is 0.925. The van der Waals surface area contributed by atoms with Crippen LogP contribution < -0.4 is 14.8 Å². The lowest BCUT2D eigenvalue weighted by atomic mass is 10.0. The van der Waals surface area contributed by atoms with Gasteiger partial charge in [-0.1, -0.05) is 37.3 Å². The van der Waals surface area contributed by atoms with Crippen molar-refractivity contribution in [3.8, 4) is 5.75 Å². The fourth-order valence-electron chi connectivity index (χ4n) is 3.14. The van der Waals surface area contributed by atoms with E-state index in [1.54, 1.807) is 19.1 Å². The third-order valence-electron chi connectivity index (χ3n) is 4.60. The molecule has 33 heavy (non-hydrogen) atoms. The molecular weight excluding hydrogens is 457 g/mol. The zero-order valence-corrected chi connectivity index (χ0v) is 18.3. The van der Waals surface area contributed by atoms with Crippen LogP contribution in [0.5, 0.6) is 5.75 Å². The summed E-state index contributed by atoms with van der Waals surface area (Å²) >= 11 is 0. The normalized spacial score (nSPS) is 11.4. The van der Waals surface area contributed by atoms with Crippen molar-refractivity contribution in [3.05, 3.63) is 89.2 Å². The highest BCUT2D eigenvalue weighted by Crippen LogP contribution is 2.27. The van der Waals surface area contributed by atoms with Gasteiger partial charge in [-0.25, -0.2) is 17.5 Å². The molecule has 1 amide bonds. The third kappa shape index (κ3) is 6.33. The first-order valence-corrected chi connectivity index (χ1v) is 11.4. The molecule has 0 saturated carbocycles. The monoisotopic (exact) mass is 478 g/mol. The van der Waals surface area contributed by atoms with Gasteiger partial charge in [0, 0.05) is 24.2 Å². The molecule has 0 fully saturated rings. The van der Waals surface area contributed by atoms with Crippen LogP contribution in [0.1, 0.15) is 28.4 Å². The van der Waals surface area contributed by atoms with E-state index in [0.717, 1.165) is 23.8 Å². The second-order valence-electron chi connectivity index (χ2n) is 6.96. The van der Waals surface area contributed by atoms with Crippen molar-refractivity contribution < 1.29 is 31.1 Å². The van der Waals surface area contributed by atoms with Crippen molar-refractivity contribution in [3.63, 3.8) is 0 Å². The van der Waals surface area contributed by atoms with Crippen LogP contribution in [-0.4, -0.2) is 27.5 Å². The molecule has 0 atom stereocenters. The Balaban J connectivity index is 1.90. The van der Waals surface area contributed by atoms with Crippen LogP contribution in [-0.2, 0) is 16.4 Å². The number of hydrogen-bond donors (Lipinski definition) is 2. The molecule has 3 rings (SSSR count). The van der Waals surface area contributed by atoms with Crippen LogP contribution in [0.4, 0.5) is 18.9 Å². The van der Waals surface area contributed by atoms with Crippen LogP contribution in [0.25, 0.3) is 0 Å². The quantitative estimate of drug-likeness (QED) is 0.472. The number of ether oxygens (including phenoxy) is 1. The molecule has 0 bridgehead atoms. The van der Waals surface area contributed by atoms with Crippen molar-refractivity contribution in [2.45, 2.75) is 24.9 Å². The van der Waals surface area contributed by atoms with Crippen LogP contribution in [0.3, 0.4) is 0 Å². The van der Waals surface area contributed by atoms with Gasteiger partial charge in [-0.3, -0.25) is 4.79 Å². The number of benzene rings is 3. The van der Waals surface area contributed by atoms with Crippen LogP contribution in [0.15, 0.2) is 71.6 Å². The standard InChI is InChI=1S/C23H21F3N2O4S/c1-2-27-33(30,31)18-9-10-20(24)19(14-18)22(29)28-17-8-11-21(32-23(25)26)16(13-17)12-15-6-4-3-5-7-15/h3-11,13-14,23,27H,2,12H2,1H3,(H,28,29). The Morgan fingerprint density at radius 3 is 2.42 bits per heavy atom. The van der Waals surface area contributed by atoms with Gasteiger partial charge in [0.25, 0.3) is 5.91 Å². The predicted molar refractivity (Wildman–Crippen MR) is 118 cm³/mol. The SMILES string of the molecule is CCNS(=O)(=O)c1ccc(F)c(C(=O)Nc2ccc(OC(F)F)c(Cc3ccccc3)c2)c1. The number of alkyl halides is 2. The fourth-order valence-corrected chi connectivity index (χ4v) is 4.21. The maximum absolute atomic E-state index is 14.3. The number of sulfonamides is 1. The summed E-state index contributed by atoms with van der Waals surface area (Å²) in [5.74, 6) is -1.86.